The van der Waals surface area contributed by atoms with E-state index < -0.39 is 0 Å². The van der Waals surface area contributed by atoms with Crippen molar-refractivity contribution in [1.29, 1.82) is 0 Å². The monoisotopic (exact) mass is 231 g/mol. The average molecular weight is 231 g/mol. The molecule has 0 fully saturated rings. The molecule has 17 heavy (non-hydrogen) atoms. The molecule has 1 unspecified atom stereocenters. The number of methoxy groups -OCH3 is 1. The van der Waals surface area contributed by atoms with E-state index in [-0.39, 0.29) is 6.04 Å². The summed E-state index contributed by atoms with van der Waals surface area (Å²) >= 11 is 0. The van der Waals surface area contributed by atoms with E-state index in [2.05, 4.69) is 5.10 Å². The lowest BCUT2D eigenvalue weighted by atomic mass is 10.0. The molecule has 2 rings (SSSR count). The summed E-state index contributed by atoms with van der Waals surface area (Å²) in [5, 5.41) is 4.13. The maximum Gasteiger partial charge on any atom is 0.122 e. The third kappa shape index (κ3) is 2.17. The summed E-state index contributed by atoms with van der Waals surface area (Å²) in [4.78, 5) is 0. The van der Waals surface area contributed by atoms with Gasteiger partial charge in [-0.3, -0.25) is 4.68 Å². The summed E-state index contributed by atoms with van der Waals surface area (Å²) in [6.07, 6.45) is 1.75. The fourth-order valence-electron chi connectivity index (χ4n) is 1.89. The van der Waals surface area contributed by atoms with Crippen LogP contribution in [0.4, 0.5) is 0 Å². The Bertz CT molecular complexity index is 519. The lowest BCUT2D eigenvalue weighted by Gasteiger charge is -2.14. The van der Waals surface area contributed by atoms with Gasteiger partial charge in [0, 0.05) is 13.2 Å². The van der Waals surface area contributed by atoms with Crippen LogP contribution in [0.5, 0.6) is 5.75 Å². The minimum Gasteiger partial charge on any atom is -0.496 e. The van der Waals surface area contributed by atoms with Gasteiger partial charge in [-0.1, -0.05) is 12.1 Å². The highest BCUT2D eigenvalue weighted by atomic mass is 16.5. The Kier molecular flexibility index (Phi) is 3.15. The number of rotatable bonds is 3. The molecule has 1 heterocycles. The summed E-state index contributed by atoms with van der Waals surface area (Å²) in [5.74, 6) is 0.861. The Morgan fingerprint density at radius 3 is 2.71 bits per heavy atom. The molecule has 0 saturated heterocycles. The van der Waals surface area contributed by atoms with Crippen molar-refractivity contribution in [2.24, 2.45) is 12.8 Å². The summed E-state index contributed by atoms with van der Waals surface area (Å²) in [6, 6.07) is 7.76. The lowest BCUT2D eigenvalue weighted by Crippen LogP contribution is -2.16. The number of nitrogens with zero attached hydrogens (tertiary/aromatic N) is 2. The maximum atomic E-state index is 6.22. The van der Waals surface area contributed by atoms with Crippen molar-refractivity contribution in [2.75, 3.05) is 7.11 Å². The van der Waals surface area contributed by atoms with Crippen molar-refractivity contribution in [3.63, 3.8) is 0 Å². The van der Waals surface area contributed by atoms with E-state index in [1.54, 1.807) is 18.0 Å². The normalized spacial score (nSPS) is 12.5. The van der Waals surface area contributed by atoms with Crippen LogP contribution in [0.1, 0.15) is 22.9 Å². The third-order valence-electron chi connectivity index (χ3n) is 2.97. The third-order valence-corrected chi connectivity index (χ3v) is 2.97. The Balaban J connectivity index is 2.38. The maximum absolute atomic E-state index is 6.22. The fraction of sp³-hybridized carbons (Fsp3) is 0.308. The van der Waals surface area contributed by atoms with Crippen molar-refractivity contribution in [1.82, 2.24) is 9.78 Å². The van der Waals surface area contributed by atoms with Crippen LogP contribution in [0, 0.1) is 6.92 Å². The van der Waals surface area contributed by atoms with E-state index in [1.807, 2.05) is 38.2 Å². The molecule has 0 aliphatic heterocycles. The molecule has 1 atom stereocenters. The molecule has 4 heteroatoms. The van der Waals surface area contributed by atoms with Crippen molar-refractivity contribution < 1.29 is 4.74 Å². The molecule has 0 amide bonds. The van der Waals surface area contributed by atoms with Crippen molar-refractivity contribution in [2.45, 2.75) is 13.0 Å². The molecule has 90 valence electrons. The fourth-order valence-corrected chi connectivity index (χ4v) is 1.89. The van der Waals surface area contributed by atoms with Gasteiger partial charge in [0.2, 0.25) is 0 Å². The van der Waals surface area contributed by atoms with Crippen molar-refractivity contribution in [3.8, 4) is 5.75 Å². The second kappa shape index (κ2) is 4.59. The molecule has 0 bridgehead atoms. The first-order chi connectivity index (χ1) is 8.13. The first-order valence-electron chi connectivity index (χ1n) is 5.51. The molecule has 2 N–H and O–H groups in total. The number of benzene rings is 1. The first kappa shape index (κ1) is 11.7. The molecular weight excluding hydrogens is 214 g/mol. The van der Waals surface area contributed by atoms with E-state index >= 15 is 0 Å². The highest BCUT2D eigenvalue weighted by molar-refractivity contribution is 5.39. The van der Waals surface area contributed by atoms with Crippen molar-refractivity contribution in [3.05, 3.63) is 47.3 Å². The van der Waals surface area contributed by atoms with E-state index in [9.17, 15) is 0 Å². The zero-order valence-corrected chi connectivity index (χ0v) is 10.3. The minimum atomic E-state index is -0.183. The summed E-state index contributed by atoms with van der Waals surface area (Å²) in [6.45, 7) is 2.01. The summed E-state index contributed by atoms with van der Waals surface area (Å²) in [7, 11) is 3.56. The van der Waals surface area contributed by atoms with Gasteiger partial charge in [0.25, 0.3) is 0 Å². The van der Waals surface area contributed by atoms with Gasteiger partial charge < -0.3 is 10.5 Å². The Labute approximate surface area is 101 Å². The van der Waals surface area contributed by atoms with E-state index in [0.29, 0.717) is 0 Å². The Morgan fingerprint density at radius 2 is 2.12 bits per heavy atom. The second-order valence-corrected chi connectivity index (χ2v) is 4.09. The second-order valence-electron chi connectivity index (χ2n) is 4.09. The van der Waals surface area contributed by atoms with Crippen LogP contribution in [0.2, 0.25) is 0 Å². The standard InChI is InChI=1S/C13H17N3O/c1-9-4-5-10(8-12(9)17-3)13(14)11-6-7-15-16(11)2/h4-8,13H,14H2,1-3H3. The topological polar surface area (TPSA) is 53.1 Å². The minimum absolute atomic E-state index is 0.183. The van der Waals surface area contributed by atoms with Crippen LogP contribution >= 0.6 is 0 Å². The number of aryl methyl sites for hydroxylation is 2. The molecule has 1 aromatic carbocycles. The zero-order chi connectivity index (χ0) is 12.4. The number of aromatic nitrogens is 2. The van der Waals surface area contributed by atoms with Gasteiger partial charge >= 0.3 is 0 Å². The smallest absolute Gasteiger partial charge is 0.122 e. The molecule has 0 saturated carbocycles. The van der Waals surface area contributed by atoms with Gasteiger partial charge in [-0.2, -0.15) is 5.10 Å². The van der Waals surface area contributed by atoms with Crippen LogP contribution < -0.4 is 10.5 Å². The number of nitrogens with two attached hydrogens (primary N) is 1. The van der Waals surface area contributed by atoms with Crippen molar-refractivity contribution >= 4 is 0 Å². The number of hydrogen-bond donors (Lipinski definition) is 1. The molecule has 2 aromatic rings. The van der Waals surface area contributed by atoms with Crippen LogP contribution in [0.25, 0.3) is 0 Å². The van der Waals surface area contributed by atoms with E-state index in [4.69, 9.17) is 10.5 Å². The van der Waals surface area contributed by atoms with Crippen LogP contribution in [0.3, 0.4) is 0 Å². The SMILES string of the molecule is COc1cc(C(N)c2ccnn2C)ccc1C. The predicted octanol–water partition coefficient (Wildman–Crippen LogP) is 1.79. The van der Waals surface area contributed by atoms with Crippen LogP contribution in [-0.4, -0.2) is 16.9 Å². The van der Waals surface area contributed by atoms with Gasteiger partial charge in [-0.15, -0.1) is 0 Å². The molecule has 4 nitrogen and oxygen atoms in total. The molecule has 0 spiro atoms. The number of ether oxygens (including phenoxy) is 1. The highest BCUT2D eigenvalue weighted by Crippen LogP contribution is 2.25. The zero-order valence-electron chi connectivity index (χ0n) is 10.3. The summed E-state index contributed by atoms with van der Waals surface area (Å²) in [5.41, 5.74) is 9.33. The van der Waals surface area contributed by atoms with Crippen LogP contribution in [0.15, 0.2) is 30.5 Å². The highest BCUT2D eigenvalue weighted by Gasteiger charge is 2.13. The van der Waals surface area contributed by atoms with Gasteiger partial charge in [0.1, 0.15) is 5.75 Å². The van der Waals surface area contributed by atoms with Gasteiger partial charge in [-0.25, -0.2) is 0 Å². The molecular formula is C13H17N3O. The lowest BCUT2D eigenvalue weighted by molar-refractivity contribution is 0.411. The van der Waals surface area contributed by atoms with Crippen LogP contribution in [-0.2, 0) is 7.05 Å². The summed E-state index contributed by atoms with van der Waals surface area (Å²) < 4.78 is 7.09. The molecule has 0 aliphatic carbocycles. The van der Waals surface area contributed by atoms with Gasteiger partial charge in [0.15, 0.2) is 0 Å². The van der Waals surface area contributed by atoms with Gasteiger partial charge in [-0.05, 0) is 30.2 Å². The number of hydrogen-bond acceptors (Lipinski definition) is 3. The Morgan fingerprint density at radius 1 is 1.35 bits per heavy atom. The van der Waals surface area contributed by atoms with Gasteiger partial charge in [0.05, 0.1) is 18.8 Å². The van der Waals surface area contributed by atoms with E-state index in [1.165, 1.54) is 0 Å². The predicted molar refractivity (Wildman–Crippen MR) is 67.0 cm³/mol. The quantitative estimate of drug-likeness (QED) is 0.876. The molecule has 1 aromatic heterocycles. The average Bonchev–Trinajstić information content (AvgIpc) is 2.75. The molecule has 0 radical (unpaired) electrons. The largest absolute Gasteiger partial charge is 0.496 e. The molecule has 0 aliphatic rings. The van der Waals surface area contributed by atoms with E-state index in [0.717, 1.165) is 22.6 Å². The Hall–Kier alpha value is -1.81. The first-order valence-corrected chi connectivity index (χ1v) is 5.51.